The fourth-order valence-corrected chi connectivity index (χ4v) is 3.82. The van der Waals surface area contributed by atoms with Crippen LogP contribution < -0.4 is 15.4 Å². The molecule has 0 bridgehead atoms. The minimum atomic E-state index is -0.654. The van der Waals surface area contributed by atoms with E-state index in [1.54, 1.807) is 7.11 Å². The topological polar surface area (TPSA) is 73.9 Å². The highest BCUT2D eigenvalue weighted by atomic mass is 16.5. The first-order valence-electron chi connectivity index (χ1n) is 10.6. The number of hydrogen-bond donors (Lipinski definition) is 2. The Morgan fingerprint density at radius 3 is 2.29 bits per heavy atom. The number of carbonyl (C=O) groups is 2. The lowest BCUT2D eigenvalue weighted by molar-refractivity contribution is -0.136. The smallest absolute Gasteiger partial charge is 0.313 e. The summed E-state index contributed by atoms with van der Waals surface area (Å²) in [4.78, 5) is 29.6. The summed E-state index contributed by atoms with van der Waals surface area (Å²) >= 11 is 0. The van der Waals surface area contributed by atoms with Crippen LogP contribution in [0.2, 0.25) is 0 Å². The van der Waals surface area contributed by atoms with Gasteiger partial charge in [0.1, 0.15) is 5.75 Å². The lowest BCUT2D eigenvalue weighted by Gasteiger charge is -2.38. The van der Waals surface area contributed by atoms with E-state index in [1.807, 2.05) is 56.3 Å². The van der Waals surface area contributed by atoms with Crippen LogP contribution in [-0.2, 0) is 9.59 Å². The molecule has 2 aromatic rings. The lowest BCUT2D eigenvalue weighted by atomic mass is 10.0. The summed E-state index contributed by atoms with van der Waals surface area (Å²) in [5.41, 5.74) is 3.76. The van der Waals surface area contributed by atoms with Crippen LogP contribution in [-0.4, -0.2) is 68.5 Å². The van der Waals surface area contributed by atoms with Gasteiger partial charge in [0.15, 0.2) is 0 Å². The van der Waals surface area contributed by atoms with Gasteiger partial charge in [0.2, 0.25) is 0 Å². The van der Waals surface area contributed by atoms with Gasteiger partial charge in [0.05, 0.1) is 13.2 Å². The zero-order chi connectivity index (χ0) is 22.4. The van der Waals surface area contributed by atoms with Crippen molar-refractivity contribution in [3.05, 3.63) is 59.2 Å². The van der Waals surface area contributed by atoms with Gasteiger partial charge in [-0.15, -0.1) is 0 Å². The average Bonchev–Trinajstić information content (AvgIpc) is 2.77. The number of nitrogens with one attached hydrogen (secondary N) is 2. The van der Waals surface area contributed by atoms with Crippen LogP contribution in [0, 0.1) is 13.8 Å². The van der Waals surface area contributed by atoms with Crippen LogP contribution in [0.15, 0.2) is 42.5 Å². The molecule has 1 fully saturated rings. The largest absolute Gasteiger partial charge is 0.497 e. The maximum Gasteiger partial charge on any atom is 0.313 e. The normalized spacial score (nSPS) is 15.9. The van der Waals surface area contributed by atoms with E-state index in [4.69, 9.17) is 4.74 Å². The molecule has 2 aromatic carbocycles. The van der Waals surface area contributed by atoms with Gasteiger partial charge in [-0.3, -0.25) is 14.5 Å². The monoisotopic (exact) mass is 424 g/mol. The van der Waals surface area contributed by atoms with E-state index in [0.717, 1.165) is 48.6 Å². The Hall–Kier alpha value is -2.90. The molecule has 1 heterocycles. The van der Waals surface area contributed by atoms with E-state index >= 15 is 0 Å². The van der Waals surface area contributed by atoms with Gasteiger partial charge in [-0.05, 0) is 50.2 Å². The number of anilines is 1. The summed E-state index contributed by atoms with van der Waals surface area (Å²) in [5, 5.41) is 5.55. The van der Waals surface area contributed by atoms with E-state index in [9.17, 15) is 9.59 Å². The number of ether oxygens (including phenoxy) is 1. The van der Waals surface area contributed by atoms with Crippen molar-refractivity contribution in [3.8, 4) is 5.75 Å². The second kappa shape index (κ2) is 10.4. The molecule has 0 radical (unpaired) electrons. The maximum atomic E-state index is 12.5. The van der Waals surface area contributed by atoms with Gasteiger partial charge in [-0.25, -0.2) is 0 Å². The van der Waals surface area contributed by atoms with Crippen LogP contribution in [0.4, 0.5) is 5.69 Å². The van der Waals surface area contributed by atoms with E-state index in [1.165, 1.54) is 0 Å². The molecule has 1 aliphatic rings. The van der Waals surface area contributed by atoms with Gasteiger partial charge in [-0.2, -0.15) is 0 Å². The Labute approximate surface area is 184 Å². The highest BCUT2D eigenvalue weighted by Gasteiger charge is 2.25. The van der Waals surface area contributed by atoms with Crippen molar-refractivity contribution < 1.29 is 14.3 Å². The van der Waals surface area contributed by atoms with Gasteiger partial charge in [0.25, 0.3) is 0 Å². The molecule has 0 aliphatic carbocycles. The van der Waals surface area contributed by atoms with E-state index in [-0.39, 0.29) is 6.04 Å². The molecular formula is C24H32N4O3. The molecular weight excluding hydrogens is 392 g/mol. The molecule has 7 heteroatoms. The molecule has 1 atom stereocenters. The number of rotatable bonds is 6. The van der Waals surface area contributed by atoms with Gasteiger partial charge >= 0.3 is 11.8 Å². The molecule has 3 rings (SSSR count). The van der Waals surface area contributed by atoms with Crippen LogP contribution in [0.1, 0.15) is 22.7 Å². The van der Waals surface area contributed by atoms with Crippen LogP contribution >= 0.6 is 0 Å². The maximum absolute atomic E-state index is 12.5. The molecule has 166 valence electrons. The third kappa shape index (κ3) is 6.06. The number of nitrogens with zero attached hydrogens (tertiary/aromatic N) is 2. The molecule has 2 amide bonds. The molecule has 7 nitrogen and oxygen atoms in total. The third-order valence-electron chi connectivity index (χ3n) is 5.77. The number of likely N-dealkylation sites (N-methyl/N-ethyl adjacent to an activating group) is 1. The first-order chi connectivity index (χ1) is 14.9. The van der Waals surface area contributed by atoms with Crippen molar-refractivity contribution in [2.75, 3.05) is 52.2 Å². The van der Waals surface area contributed by atoms with Crippen molar-refractivity contribution in [1.82, 2.24) is 15.1 Å². The summed E-state index contributed by atoms with van der Waals surface area (Å²) in [7, 11) is 3.75. The zero-order valence-corrected chi connectivity index (χ0v) is 18.8. The second-order valence-electron chi connectivity index (χ2n) is 8.11. The lowest BCUT2D eigenvalue weighted by Crippen LogP contribution is -2.49. The highest BCUT2D eigenvalue weighted by Crippen LogP contribution is 2.24. The number of hydrogen-bond acceptors (Lipinski definition) is 5. The second-order valence-corrected chi connectivity index (χ2v) is 8.11. The standard InChI is InChI=1S/C24H32N4O3/c1-17-5-10-21(18(2)15-17)26-24(30)23(29)25-16-22(28-13-11-27(3)12-14-28)19-6-8-20(31-4)9-7-19/h5-10,15,22H,11-14,16H2,1-4H3,(H,25,29)(H,26,30)/t22-/m1/s1. The van der Waals surface area contributed by atoms with Crippen molar-refractivity contribution in [1.29, 1.82) is 0 Å². The summed E-state index contributed by atoms with van der Waals surface area (Å²) in [5.74, 6) is -0.496. The van der Waals surface area contributed by atoms with Crippen molar-refractivity contribution in [2.45, 2.75) is 19.9 Å². The molecule has 31 heavy (non-hydrogen) atoms. The van der Waals surface area contributed by atoms with Crippen LogP contribution in [0.3, 0.4) is 0 Å². The van der Waals surface area contributed by atoms with Crippen molar-refractivity contribution in [3.63, 3.8) is 0 Å². The minimum Gasteiger partial charge on any atom is -0.497 e. The SMILES string of the molecule is COc1ccc([C@@H](CNC(=O)C(=O)Nc2ccc(C)cc2C)N2CCN(C)CC2)cc1. The number of carbonyl (C=O) groups excluding carboxylic acids is 2. The fourth-order valence-electron chi connectivity index (χ4n) is 3.82. The number of piperazine rings is 1. The predicted molar refractivity (Wildman–Crippen MR) is 122 cm³/mol. The Morgan fingerprint density at radius 1 is 1.00 bits per heavy atom. The first-order valence-corrected chi connectivity index (χ1v) is 10.6. The summed E-state index contributed by atoms with van der Waals surface area (Å²) in [6, 6.07) is 13.6. The molecule has 0 unspecified atom stereocenters. The van der Waals surface area contributed by atoms with Crippen molar-refractivity contribution >= 4 is 17.5 Å². The van der Waals surface area contributed by atoms with E-state index < -0.39 is 11.8 Å². The molecule has 0 aromatic heterocycles. The Kier molecular flexibility index (Phi) is 7.65. The minimum absolute atomic E-state index is 0.0162. The number of aryl methyl sites for hydroxylation is 2. The fraction of sp³-hybridized carbons (Fsp3) is 0.417. The molecule has 0 saturated carbocycles. The summed E-state index contributed by atoms with van der Waals surface area (Å²) in [6.07, 6.45) is 0. The highest BCUT2D eigenvalue weighted by molar-refractivity contribution is 6.39. The Balaban J connectivity index is 1.66. The van der Waals surface area contributed by atoms with E-state index in [2.05, 4.69) is 27.5 Å². The number of amides is 2. The molecule has 2 N–H and O–H groups in total. The summed E-state index contributed by atoms with van der Waals surface area (Å²) < 4.78 is 5.27. The zero-order valence-electron chi connectivity index (χ0n) is 18.8. The van der Waals surface area contributed by atoms with Gasteiger partial charge in [0, 0.05) is 38.4 Å². The molecule has 1 aliphatic heterocycles. The predicted octanol–water partition coefficient (Wildman–Crippen LogP) is 2.36. The Bertz CT molecular complexity index is 906. The summed E-state index contributed by atoms with van der Waals surface area (Å²) in [6.45, 7) is 7.99. The number of methoxy groups -OCH3 is 1. The number of benzene rings is 2. The average molecular weight is 425 g/mol. The molecule has 0 spiro atoms. The van der Waals surface area contributed by atoms with Gasteiger partial charge < -0.3 is 20.3 Å². The Morgan fingerprint density at radius 2 is 1.68 bits per heavy atom. The quantitative estimate of drug-likeness (QED) is 0.697. The first kappa shape index (κ1) is 22.8. The van der Waals surface area contributed by atoms with Crippen molar-refractivity contribution in [2.24, 2.45) is 0 Å². The van der Waals surface area contributed by atoms with E-state index in [0.29, 0.717) is 12.2 Å². The van der Waals surface area contributed by atoms with Crippen LogP contribution in [0.25, 0.3) is 0 Å². The third-order valence-corrected chi connectivity index (χ3v) is 5.77. The van der Waals surface area contributed by atoms with Gasteiger partial charge in [-0.1, -0.05) is 29.8 Å². The van der Waals surface area contributed by atoms with Crippen LogP contribution in [0.5, 0.6) is 5.75 Å². The molecule has 1 saturated heterocycles.